The molecule has 0 spiro atoms. The van der Waals surface area contributed by atoms with E-state index in [0.717, 1.165) is 34.1 Å². The van der Waals surface area contributed by atoms with E-state index >= 15 is 0 Å². The quantitative estimate of drug-likeness (QED) is 0.306. The van der Waals surface area contributed by atoms with Gasteiger partial charge in [0.05, 0.1) is 17.9 Å². The standard InChI is InChI=1S/C27H25F3N8/c1-15(2)25(18-6-8-23(33-12-18)27(28,29)30)37-14-20(13-34-37)19-9-22(38-24(10-19)35-26(31)36-38)17-5-7-21(32-11-17)16-3-4-16/h5-16,25H,3-4H2,1-2H3,(H2,31,36). The fourth-order valence-electron chi connectivity index (χ4n) is 4.78. The summed E-state index contributed by atoms with van der Waals surface area (Å²) in [6, 6.07) is 10.1. The summed E-state index contributed by atoms with van der Waals surface area (Å²) in [6.07, 6.45) is 4.60. The van der Waals surface area contributed by atoms with Gasteiger partial charge in [-0.05, 0) is 60.2 Å². The lowest BCUT2D eigenvalue weighted by molar-refractivity contribution is -0.141. The highest BCUT2D eigenvalue weighted by Crippen LogP contribution is 2.39. The predicted octanol–water partition coefficient (Wildman–Crippen LogP) is 5.77. The molecule has 1 aliphatic carbocycles. The van der Waals surface area contributed by atoms with Gasteiger partial charge < -0.3 is 5.73 Å². The average molecular weight is 519 g/mol. The number of nitrogen functional groups attached to an aromatic ring is 1. The largest absolute Gasteiger partial charge is 0.433 e. The first-order chi connectivity index (χ1) is 18.2. The number of alkyl halides is 3. The van der Waals surface area contributed by atoms with Crippen molar-refractivity contribution < 1.29 is 13.2 Å². The Morgan fingerprint density at radius 2 is 1.76 bits per heavy atom. The van der Waals surface area contributed by atoms with Gasteiger partial charge in [0.15, 0.2) is 5.65 Å². The molecule has 0 saturated heterocycles. The van der Waals surface area contributed by atoms with E-state index in [-0.39, 0.29) is 17.9 Å². The molecule has 6 rings (SSSR count). The first kappa shape index (κ1) is 24.1. The first-order valence-electron chi connectivity index (χ1n) is 12.4. The Hall–Kier alpha value is -4.28. The minimum Gasteiger partial charge on any atom is -0.366 e. The molecule has 1 saturated carbocycles. The van der Waals surface area contributed by atoms with Crippen LogP contribution in [0.5, 0.6) is 0 Å². The van der Waals surface area contributed by atoms with Crippen molar-refractivity contribution in [3.8, 4) is 22.4 Å². The van der Waals surface area contributed by atoms with Crippen molar-refractivity contribution in [2.75, 3.05) is 5.73 Å². The van der Waals surface area contributed by atoms with E-state index in [2.05, 4.69) is 31.2 Å². The van der Waals surface area contributed by atoms with Crippen LogP contribution in [-0.2, 0) is 6.18 Å². The van der Waals surface area contributed by atoms with Gasteiger partial charge in [0.2, 0.25) is 5.95 Å². The molecule has 38 heavy (non-hydrogen) atoms. The van der Waals surface area contributed by atoms with Crippen LogP contribution < -0.4 is 5.73 Å². The number of halogens is 3. The number of hydrogen-bond acceptors (Lipinski definition) is 6. The minimum atomic E-state index is -4.49. The highest BCUT2D eigenvalue weighted by atomic mass is 19.4. The smallest absolute Gasteiger partial charge is 0.366 e. The third-order valence-corrected chi connectivity index (χ3v) is 6.80. The number of nitrogens with two attached hydrogens (primary N) is 1. The molecule has 11 heteroatoms. The van der Waals surface area contributed by atoms with Crippen molar-refractivity contribution in [2.24, 2.45) is 5.92 Å². The van der Waals surface area contributed by atoms with Crippen LogP contribution in [0.1, 0.15) is 55.6 Å². The average Bonchev–Trinajstić information content (AvgIpc) is 3.50. The Morgan fingerprint density at radius 3 is 2.39 bits per heavy atom. The highest BCUT2D eigenvalue weighted by molar-refractivity contribution is 5.74. The van der Waals surface area contributed by atoms with Crippen molar-refractivity contribution >= 4 is 11.6 Å². The number of rotatable bonds is 6. The summed E-state index contributed by atoms with van der Waals surface area (Å²) in [4.78, 5) is 12.7. The van der Waals surface area contributed by atoms with E-state index in [9.17, 15) is 13.2 Å². The third kappa shape index (κ3) is 4.48. The molecule has 5 aromatic rings. The predicted molar refractivity (Wildman–Crippen MR) is 136 cm³/mol. The molecule has 0 bridgehead atoms. The van der Waals surface area contributed by atoms with Gasteiger partial charge in [0.25, 0.3) is 0 Å². The van der Waals surface area contributed by atoms with Gasteiger partial charge in [-0.3, -0.25) is 14.6 Å². The fraction of sp³-hybridized carbons (Fsp3) is 0.296. The van der Waals surface area contributed by atoms with Crippen LogP contribution in [0.25, 0.3) is 28.0 Å². The lowest BCUT2D eigenvalue weighted by Gasteiger charge is -2.22. The number of anilines is 1. The van der Waals surface area contributed by atoms with E-state index in [1.54, 1.807) is 15.4 Å². The molecule has 5 aromatic heterocycles. The molecule has 0 aliphatic heterocycles. The molecule has 1 unspecified atom stereocenters. The Morgan fingerprint density at radius 1 is 0.947 bits per heavy atom. The summed E-state index contributed by atoms with van der Waals surface area (Å²) in [7, 11) is 0. The van der Waals surface area contributed by atoms with Crippen molar-refractivity contribution in [3.63, 3.8) is 0 Å². The number of pyridine rings is 3. The van der Waals surface area contributed by atoms with Gasteiger partial charge in [-0.2, -0.15) is 23.3 Å². The lowest BCUT2D eigenvalue weighted by atomic mass is 9.97. The number of fused-ring (bicyclic) bond motifs is 1. The molecule has 5 heterocycles. The Labute approximate surface area is 216 Å². The second-order valence-corrected chi connectivity index (χ2v) is 9.99. The molecule has 2 N–H and O–H groups in total. The molecule has 1 atom stereocenters. The van der Waals surface area contributed by atoms with Crippen LogP contribution in [0, 0.1) is 5.92 Å². The number of hydrogen-bond donors (Lipinski definition) is 1. The molecule has 0 aromatic carbocycles. The molecule has 0 amide bonds. The van der Waals surface area contributed by atoms with Gasteiger partial charge in [-0.15, -0.1) is 5.10 Å². The summed E-state index contributed by atoms with van der Waals surface area (Å²) >= 11 is 0. The SMILES string of the molecule is CC(C)C(c1ccc(C(F)(F)F)nc1)n1cc(-c2cc(-c3ccc(C4CC4)nc3)n3nc(N)nc3c2)cn1. The molecule has 1 aliphatic rings. The topological polar surface area (TPSA) is 99.8 Å². The fourth-order valence-corrected chi connectivity index (χ4v) is 4.78. The maximum atomic E-state index is 13.0. The molecule has 194 valence electrons. The van der Waals surface area contributed by atoms with Crippen molar-refractivity contribution in [3.05, 3.63) is 78.1 Å². The van der Waals surface area contributed by atoms with Crippen molar-refractivity contribution in [1.82, 2.24) is 34.3 Å². The van der Waals surface area contributed by atoms with Crippen LogP contribution in [0.2, 0.25) is 0 Å². The summed E-state index contributed by atoms with van der Waals surface area (Å²) in [5.41, 5.74) is 10.7. The first-order valence-corrected chi connectivity index (χ1v) is 12.4. The summed E-state index contributed by atoms with van der Waals surface area (Å²) in [5.74, 6) is 0.764. The summed E-state index contributed by atoms with van der Waals surface area (Å²) < 4.78 is 42.5. The third-order valence-electron chi connectivity index (χ3n) is 6.80. The zero-order chi connectivity index (χ0) is 26.6. The molecular formula is C27H25F3N8. The van der Waals surface area contributed by atoms with Crippen molar-refractivity contribution in [2.45, 2.75) is 44.8 Å². The zero-order valence-corrected chi connectivity index (χ0v) is 20.8. The van der Waals surface area contributed by atoms with Crippen LogP contribution >= 0.6 is 0 Å². The van der Waals surface area contributed by atoms with Gasteiger partial charge in [0, 0.05) is 41.3 Å². The number of nitrogens with zero attached hydrogens (tertiary/aromatic N) is 7. The van der Waals surface area contributed by atoms with Crippen molar-refractivity contribution in [1.29, 1.82) is 0 Å². The van der Waals surface area contributed by atoms with Crippen LogP contribution in [0.3, 0.4) is 0 Å². The van der Waals surface area contributed by atoms with E-state index in [0.29, 0.717) is 17.1 Å². The lowest BCUT2D eigenvalue weighted by Crippen LogP contribution is -2.18. The Bertz CT molecular complexity index is 1600. The minimum absolute atomic E-state index is 0.0479. The van der Waals surface area contributed by atoms with Gasteiger partial charge >= 0.3 is 6.18 Å². The number of aromatic nitrogens is 7. The summed E-state index contributed by atoms with van der Waals surface area (Å²) in [6.45, 7) is 3.98. The van der Waals surface area contributed by atoms with E-state index in [1.807, 2.05) is 44.4 Å². The molecule has 0 radical (unpaired) electrons. The monoisotopic (exact) mass is 518 g/mol. The van der Waals surface area contributed by atoms with E-state index in [1.165, 1.54) is 25.1 Å². The Kier molecular flexibility index (Phi) is 5.66. The van der Waals surface area contributed by atoms with Crippen LogP contribution in [0.15, 0.2) is 61.2 Å². The van der Waals surface area contributed by atoms with Gasteiger partial charge in [0.1, 0.15) is 5.69 Å². The van der Waals surface area contributed by atoms with Gasteiger partial charge in [-0.25, -0.2) is 4.52 Å². The second-order valence-electron chi connectivity index (χ2n) is 9.99. The van der Waals surface area contributed by atoms with E-state index < -0.39 is 11.9 Å². The Balaban J connectivity index is 1.38. The molecule has 1 fully saturated rings. The summed E-state index contributed by atoms with van der Waals surface area (Å²) in [5, 5.41) is 8.94. The van der Waals surface area contributed by atoms with Crippen LogP contribution in [0.4, 0.5) is 19.1 Å². The van der Waals surface area contributed by atoms with Crippen LogP contribution in [-0.4, -0.2) is 34.3 Å². The van der Waals surface area contributed by atoms with Gasteiger partial charge in [-0.1, -0.05) is 19.9 Å². The maximum absolute atomic E-state index is 13.0. The zero-order valence-electron chi connectivity index (χ0n) is 20.8. The highest BCUT2D eigenvalue weighted by Gasteiger charge is 2.32. The second kappa shape index (κ2) is 8.93. The maximum Gasteiger partial charge on any atom is 0.433 e. The normalized spacial score (nSPS) is 14.9. The van der Waals surface area contributed by atoms with E-state index in [4.69, 9.17) is 5.73 Å². The molecular weight excluding hydrogens is 493 g/mol. The molecule has 8 nitrogen and oxygen atoms in total.